The SMILES string of the molecule is CC(C)S(=O)(=O)c1ccc(C(=O)N[C@@H](C)c2cccc(C(F)(F)F)c2)cc1. The topological polar surface area (TPSA) is 63.2 Å². The Labute approximate surface area is 156 Å². The van der Waals surface area contributed by atoms with Gasteiger partial charge in [0.15, 0.2) is 9.84 Å². The molecule has 146 valence electrons. The van der Waals surface area contributed by atoms with Crippen LogP contribution in [-0.2, 0) is 16.0 Å². The summed E-state index contributed by atoms with van der Waals surface area (Å²) in [6, 6.07) is 9.53. The molecule has 0 radical (unpaired) electrons. The lowest BCUT2D eigenvalue weighted by Crippen LogP contribution is -2.27. The standard InChI is InChI=1S/C19H20F3NO3S/c1-12(2)27(25,26)17-9-7-14(8-10-17)18(24)23-13(3)15-5-4-6-16(11-15)19(20,21)22/h4-13H,1-3H3,(H,23,24)/t13-/m0/s1. The molecule has 0 aliphatic carbocycles. The molecule has 0 spiro atoms. The van der Waals surface area contributed by atoms with E-state index >= 15 is 0 Å². The Kier molecular flexibility index (Phi) is 5.99. The largest absolute Gasteiger partial charge is 0.416 e. The van der Waals surface area contributed by atoms with Crippen LogP contribution >= 0.6 is 0 Å². The fourth-order valence-corrected chi connectivity index (χ4v) is 3.48. The van der Waals surface area contributed by atoms with E-state index in [0.29, 0.717) is 5.56 Å². The minimum atomic E-state index is -4.46. The van der Waals surface area contributed by atoms with E-state index in [0.717, 1.165) is 12.1 Å². The maximum atomic E-state index is 12.8. The molecule has 0 heterocycles. The number of hydrogen-bond donors (Lipinski definition) is 1. The Morgan fingerprint density at radius 2 is 1.59 bits per heavy atom. The van der Waals surface area contributed by atoms with Crippen molar-refractivity contribution in [3.8, 4) is 0 Å². The summed E-state index contributed by atoms with van der Waals surface area (Å²) in [6.07, 6.45) is -4.46. The van der Waals surface area contributed by atoms with E-state index < -0.39 is 38.8 Å². The Hall–Kier alpha value is -2.35. The number of carbonyl (C=O) groups excluding carboxylic acids is 1. The monoisotopic (exact) mass is 399 g/mol. The molecule has 0 unspecified atom stereocenters. The average Bonchev–Trinajstić information content (AvgIpc) is 2.61. The molecule has 1 amide bonds. The molecule has 27 heavy (non-hydrogen) atoms. The van der Waals surface area contributed by atoms with Gasteiger partial charge in [-0.05, 0) is 62.7 Å². The zero-order valence-electron chi connectivity index (χ0n) is 15.0. The van der Waals surface area contributed by atoms with Crippen LogP contribution in [0.15, 0.2) is 53.4 Å². The van der Waals surface area contributed by atoms with Crippen molar-refractivity contribution in [2.75, 3.05) is 0 Å². The molecule has 0 bridgehead atoms. The molecule has 2 rings (SSSR count). The molecule has 0 saturated carbocycles. The predicted molar refractivity (Wildman–Crippen MR) is 96.1 cm³/mol. The molecule has 0 aliphatic heterocycles. The minimum Gasteiger partial charge on any atom is -0.346 e. The highest BCUT2D eigenvalue weighted by Crippen LogP contribution is 2.30. The molecule has 0 fully saturated rings. The van der Waals surface area contributed by atoms with E-state index in [-0.39, 0.29) is 10.5 Å². The smallest absolute Gasteiger partial charge is 0.346 e. The highest BCUT2D eigenvalue weighted by molar-refractivity contribution is 7.92. The first kappa shape index (κ1) is 21.0. The van der Waals surface area contributed by atoms with Crippen molar-refractivity contribution in [3.05, 3.63) is 65.2 Å². The summed E-state index contributed by atoms with van der Waals surface area (Å²) in [4.78, 5) is 12.4. The van der Waals surface area contributed by atoms with Gasteiger partial charge >= 0.3 is 6.18 Å². The first-order valence-corrected chi connectivity index (χ1v) is 9.79. The lowest BCUT2D eigenvalue weighted by Gasteiger charge is -2.16. The van der Waals surface area contributed by atoms with Crippen molar-refractivity contribution >= 4 is 15.7 Å². The highest BCUT2D eigenvalue weighted by atomic mass is 32.2. The van der Waals surface area contributed by atoms with Gasteiger partial charge in [-0.3, -0.25) is 4.79 Å². The van der Waals surface area contributed by atoms with E-state index in [9.17, 15) is 26.4 Å². The third-order valence-electron chi connectivity index (χ3n) is 4.13. The molecule has 8 heteroatoms. The van der Waals surface area contributed by atoms with Crippen molar-refractivity contribution in [3.63, 3.8) is 0 Å². The van der Waals surface area contributed by atoms with Gasteiger partial charge in [-0.25, -0.2) is 8.42 Å². The van der Waals surface area contributed by atoms with E-state index in [1.807, 2.05) is 0 Å². The number of benzene rings is 2. The molecule has 0 saturated heterocycles. The van der Waals surface area contributed by atoms with Crippen LogP contribution in [0.3, 0.4) is 0 Å². The maximum Gasteiger partial charge on any atom is 0.416 e. The van der Waals surface area contributed by atoms with Crippen molar-refractivity contribution in [1.29, 1.82) is 0 Å². The molecule has 2 aromatic rings. The molecular weight excluding hydrogens is 379 g/mol. The van der Waals surface area contributed by atoms with E-state index in [1.165, 1.54) is 36.4 Å². The Balaban J connectivity index is 2.16. The molecule has 0 aromatic heterocycles. The predicted octanol–water partition coefficient (Wildman–Crippen LogP) is 4.38. The Morgan fingerprint density at radius 3 is 2.11 bits per heavy atom. The zero-order valence-corrected chi connectivity index (χ0v) is 15.9. The molecule has 4 nitrogen and oxygen atoms in total. The maximum absolute atomic E-state index is 12.8. The summed E-state index contributed by atoms with van der Waals surface area (Å²) in [6.45, 7) is 4.70. The Bertz CT molecular complexity index is 920. The highest BCUT2D eigenvalue weighted by Gasteiger charge is 2.30. The summed E-state index contributed by atoms with van der Waals surface area (Å²) in [7, 11) is -3.44. The quantitative estimate of drug-likeness (QED) is 0.812. The van der Waals surface area contributed by atoms with Crippen molar-refractivity contribution in [2.45, 2.75) is 43.1 Å². The first-order valence-electron chi connectivity index (χ1n) is 8.25. The normalized spacial score (nSPS) is 13.4. The van der Waals surface area contributed by atoms with Gasteiger partial charge in [0.2, 0.25) is 0 Å². The average molecular weight is 399 g/mol. The lowest BCUT2D eigenvalue weighted by atomic mass is 10.0. The summed E-state index contributed by atoms with van der Waals surface area (Å²) >= 11 is 0. The first-order chi connectivity index (χ1) is 12.4. The molecule has 1 atom stereocenters. The van der Waals surface area contributed by atoms with E-state index in [4.69, 9.17) is 0 Å². The second-order valence-corrected chi connectivity index (χ2v) is 8.94. The fraction of sp³-hybridized carbons (Fsp3) is 0.316. The van der Waals surface area contributed by atoms with Crippen LogP contribution in [0.5, 0.6) is 0 Å². The van der Waals surface area contributed by atoms with Crippen molar-refractivity contribution in [1.82, 2.24) is 5.32 Å². The number of amides is 1. The molecular formula is C19H20F3NO3S. The summed E-state index contributed by atoms with van der Waals surface area (Å²) in [5, 5.41) is 2.03. The number of halogens is 3. The zero-order chi connectivity index (χ0) is 20.4. The van der Waals surface area contributed by atoms with Crippen LogP contribution in [0.4, 0.5) is 13.2 Å². The van der Waals surface area contributed by atoms with Crippen LogP contribution in [-0.4, -0.2) is 19.6 Å². The van der Waals surface area contributed by atoms with Crippen LogP contribution in [0.25, 0.3) is 0 Å². The van der Waals surface area contributed by atoms with Gasteiger partial charge < -0.3 is 5.32 Å². The Morgan fingerprint density at radius 1 is 1.00 bits per heavy atom. The van der Waals surface area contributed by atoms with Crippen molar-refractivity contribution in [2.24, 2.45) is 0 Å². The van der Waals surface area contributed by atoms with Crippen LogP contribution in [0.1, 0.15) is 48.3 Å². The lowest BCUT2D eigenvalue weighted by molar-refractivity contribution is -0.137. The molecule has 0 aliphatic rings. The van der Waals surface area contributed by atoms with Crippen LogP contribution in [0, 0.1) is 0 Å². The summed E-state index contributed by atoms with van der Waals surface area (Å²) in [5.41, 5.74) is -0.252. The van der Waals surface area contributed by atoms with E-state index in [2.05, 4.69) is 5.32 Å². The summed E-state index contributed by atoms with van der Waals surface area (Å²) < 4.78 is 62.6. The van der Waals surface area contributed by atoms with Crippen LogP contribution in [0.2, 0.25) is 0 Å². The van der Waals surface area contributed by atoms with Gasteiger partial charge in [0, 0.05) is 5.56 Å². The second kappa shape index (κ2) is 7.72. The third-order valence-corrected chi connectivity index (χ3v) is 6.30. The van der Waals surface area contributed by atoms with Gasteiger partial charge in [0.25, 0.3) is 5.91 Å². The van der Waals surface area contributed by atoms with Gasteiger partial charge in [0.1, 0.15) is 0 Å². The number of sulfone groups is 1. The van der Waals surface area contributed by atoms with Gasteiger partial charge in [0.05, 0.1) is 21.8 Å². The van der Waals surface area contributed by atoms with Crippen LogP contribution < -0.4 is 5.32 Å². The fourth-order valence-electron chi connectivity index (χ4n) is 2.42. The number of carbonyl (C=O) groups is 1. The molecule has 1 N–H and O–H groups in total. The molecule has 2 aromatic carbocycles. The number of hydrogen-bond acceptors (Lipinski definition) is 3. The number of nitrogens with one attached hydrogen (secondary N) is 1. The number of rotatable bonds is 5. The van der Waals surface area contributed by atoms with Crippen molar-refractivity contribution < 1.29 is 26.4 Å². The number of alkyl halides is 3. The minimum absolute atomic E-state index is 0.111. The second-order valence-electron chi connectivity index (χ2n) is 6.44. The van der Waals surface area contributed by atoms with Gasteiger partial charge in [-0.2, -0.15) is 13.2 Å². The van der Waals surface area contributed by atoms with E-state index in [1.54, 1.807) is 20.8 Å². The third kappa shape index (κ3) is 4.88. The van der Waals surface area contributed by atoms with Gasteiger partial charge in [-0.15, -0.1) is 0 Å². The summed E-state index contributed by atoms with van der Waals surface area (Å²) in [5.74, 6) is -0.506. The van der Waals surface area contributed by atoms with Gasteiger partial charge in [-0.1, -0.05) is 12.1 Å².